The second kappa shape index (κ2) is 7.02. The molecule has 1 aliphatic heterocycles. The first-order valence-corrected chi connectivity index (χ1v) is 10.8. The number of nitrogens with one attached hydrogen (secondary N) is 1. The van der Waals surface area contributed by atoms with Crippen LogP contribution >= 0.6 is 22.7 Å². The number of hydrogen-bond acceptors (Lipinski definition) is 5. The van der Waals surface area contributed by atoms with E-state index >= 15 is 0 Å². The van der Waals surface area contributed by atoms with Gasteiger partial charge < -0.3 is 9.80 Å². The molecule has 0 spiro atoms. The quantitative estimate of drug-likeness (QED) is 0.763. The fraction of sp³-hybridized carbons (Fsp3) is 0.474. The van der Waals surface area contributed by atoms with Crippen LogP contribution in [0.3, 0.4) is 0 Å². The van der Waals surface area contributed by atoms with Crippen LogP contribution in [0.4, 0.5) is 5.82 Å². The van der Waals surface area contributed by atoms with E-state index in [1.807, 2.05) is 0 Å². The Bertz CT molecular complexity index is 861. The molecular formula is C19H25N4S2+. The molecule has 0 bridgehead atoms. The lowest BCUT2D eigenvalue weighted by molar-refractivity contribution is -0.900. The van der Waals surface area contributed by atoms with E-state index < -0.39 is 0 Å². The van der Waals surface area contributed by atoms with Crippen molar-refractivity contribution in [1.29, 1.82) is 0 Å². The smallest absolute Gasteiger partial charge is 0.173 e. The van der Waals surface area contributed by atoms with Crippen LogP contribution in [0.2, 0.25) is 0 Å². The van der Waals surface area contributed by atoms with E-state index in [0.29, 0.717) is 0 Å². The first kappa shape index (κ1) is 16.9. The number of thiophene rings is 2. The zero-order valence-corrected chi connectivity index (χ0v) is 16.8. The first-order valence-electron chi connectivity index (χ1n) is 9.07. The molecule has 0 atom stereocenters. The van der Waals surface area contributed by atoms with Gasteiger partial charge in [-0.2, -0.15) is 0 Å². The van der Waals surface area contributed by atoms with Gasteiger partial charge in [-0.1, -0.05) is 13.0 Å². The highest BCUT2D eigenvalue weighted by Crippen LogP contribution is 2.37. The monoisotopic (exact) mass is 373 g/mol. The van der Waals surface area contributed by atoms with E-state index in [1.54, 1.807) is 27.6 Å². The fourth-order valence-electron chi connectivity index (χ4n) is 3.61. The van der Waals surface area contributed by atoms with Crippen LogP contribution in [0.1, 0.15) is 23.8 Å². The van der Waals surface area contributed by atoms with Gasteiger partial charge in [0.15, 0.2) is 5.82 Å². The molecule has 1 fully saturated rings. The van der Waals surface area contributed by atoms with Crippen LogP contribution < -0.4 is 9.80 Å². The second-order valence-corrected chi connectivity index (χ2v) is 8.95. The maximum atomic E-state index is 5.03. The molecule has 0 amide bonds. The van der Waals surface area contributed by atoms with Gasteiger partial charge in [-0.3, -0.25) is 0 Å². The molecule has 4 rings (SSSR count). The van der Waals surface area contributed by atoms with Gasteiger partial charge in [0, 0.05) is 4.88 Å². The Balaban J connectivity index is 1.76. The van der Waals surface area contributed by atoms with Crippen molar-refractivity contribution < 1.29 is 4.90 Å². The highest BCUT2D eigenvalue weighted by molar-refractivity contribution is 7.19. The molecule has 1 N–H and O–H groups in total. The third-order valence-corrected chi connectivity index (χ3v) is 7.09. The molecule has 4 heterocycles. The molecule has 1 aliphatic rings. The van der Waals surface area contributed by atoms with Crippen LogP contribution in [-0.2, 0) is 0 Å². The normalized spacial score (nSPS) is 16.0. The number of aromatic nitrogens is 2. The van der Waals surface area contributed by atoms with Crippen LogP contribution in [0.15, 0.2) is 17.5 Å². The molecule has 1 saturated heterocycles. The number of fused-ring (bicyclic) bond motifs is 1. The van der Waals surface area contributed by atoms with Crippen LogP contribution in [0.5, 0.6) is 0 Å². The zero-order valence-electron chi connectivity index (χ0n) is 15.1. The van der Waals surface area contributed by atoms with Crippen molar-refractivity contribution in [1.82, 2.24) is 9.97 Å². The van der Waals surface area contributed by atoms with Gasteiger partial charge in [0.25, 0.3) is 0 Å². The molecule has 3 aromatic heterocycles. The number of aryl methyl sites for hydroxylation is 2. The molecule has 6 heteroatoms. The third kappa shape index (κ3) is 3.18. The number of quaternary nitrogens is 1. The van der Waals surface area contributed by atoms with E-state index in [-0.39, 0.29) is 0 Å². The highest BCUT2D eigenvalue weighted by Gasteiger charge is 2.25. The van der Waals surface area contributed by atoms with Gasteiger partial charge in [-0.05, 0) is 37.3 Å². The summed E-state index contributed by atoms with van der Waals surface area (Å²) in [7, 11) is 0. The molecule has 0 radical (unpaired) electrons. The van der Waals surface area contributed by atoms with Gasteiger partial charge in [0.2, 0.25) is 0 Å². The summed E-state index contributed by atoms with van der Waals surface area (Å²) in [5, 5.41) is 3.36. The highest BCUT2D eigenvalue weighted by atomic mass is 32.1. The summed E-state index contributed by atoms with van der Waals surface area (Å²) < 4.78 is 0. The van der Waals surface area contributed by atoms with Crippen LogP contribution in [-0.4, -0.2) is 42.7 Å². The summed E-state index contributed by atoms with van der Waals surface area (Å²) in [6.07, 6.45) is 1.26. The molecule has 25 heavy (non-hydrogen) atoms. The van der Waals surface area contributed by atoms with Gasteiger partial charge in [0.1, 0.15) is 10.6 Å². The van der Waals surface area contributed by atoms with Gasteiger partial charge in [-0.15, -0.1) is 22.7 Å². The maximum Gasteiger partial charge on any atom is 0.173 e. The molecule has 4 nitrogen and oxygen atoms in total. The van der Waals surface area contributed by atoms with E-state index in [1.165, 1.54) is 41.9 Å². The minimum atomic E-state index is 0.877. The summed E-state index contributed by atoms with van der Waals surface area (Å²) in [4.78, 5) is 17.8. The maximum absolute atomic E-state index is 5.03. The Hall–Kier alpha value is -1.50. The summed E-state index contributed by atoms with van der Waals surface area (Å²) in [6, 6.07) is 4.19. The molecule has 0 saturated carbocycles. The number of rotatable bonds is 4. The molecular weight excluding hydrogens is 348 g/mol. The Morgan fingerprint density at radius 3 is 2.68 bits per heavy atom. The predicted molar refractivity (Wildman–Crippen MR) is 108 cm³/mol. The van der Waals surface area contributed by atoms with Gasteiger partial charge >= 0.3 is 0 Å². The van der Waals surface area contributed by atoms with Crippen molar-refractivity contribution in [3.05, 3.63) is 28.0 Å². The second-order valence-electron chi connectivity index (χ2n) is 6.80. The third-order valence-electron chi connectivity index (χ3n) is 5.12. The van der Waals surface area contributed by atoms with Crippen molar-refractivity contribution in [2.75, 3.05) is 37.6 Å². The van der Waals surface area contributed by atoms with Crippen molar-refractivity contribution in [3.8, 4) is 10.7 Å². The summed E-state index contributed by atoms with van der Waals surface area (Å²) in [6.45, 7) is 12.5. The molecule has 132 valence electrons. The number of anilines is 1. The summed E-state index contributed by atoms with van der Waals surface area (Å²) in [5.41, 5.74) is 1.34. The SMILES string of the molecule is CCC[NH+]1CCN(c2nc(-c3cccs3)nc3sc(C)c(C)c23)CC1. The molecule has 0 aliphatic carbocycles. The largest absolute Gasteiger partial charge is 0.345 e. The number of nitrogens with zero attached hydrogens (tertiary/aromatic N) is 3. The standard InChI is InChI=1S/C19H24N4S2/c1-4-7-22-8-10-23(11-9-22)18-16-13(2)14(3)25-19(16)21-17(20-18)15-6-5-12-24-15/h5-6,12H,4,7-11H2,1-3H3/p+1. The Morgan fingerprint density at radius 1 is 1.20 bits per heavy atom. The average Bonchev–Trinajstić information content (AvgIpc) is 3.24. The average molecular weight is 374 g/mol. The fourth-order valence-corrected chi connectivity index (χ4v) is 5.29. The Kier molecular flexibility index (Phi) is 4.75. The van der Waals surface area contributed by atoms with Crippen molar-refractivity contribution in [2.24, 2.45) is 0 Å². The molecule has 0 unspecified atom stereocenters. The topological polar surface area (TPSA) is 33.5 Å². The lowest BCUT2D eigenvalue weighted by Gasteiger charge is -2.33. The number of piperazine rings is 1. The van der Waals surface area contributed by atoms with E-state index in [9.17, 15) is 0 Å². The van der Waals surface area contributed by atoms with Gasteiger partial charge in [0.05, 0.1) is 43.0 Å². The molecule has 3 aromatic rings. The van der Waals surface area contributed by atoms with Crippen LogP contribution in [0.25, 0.3) is 20.9 Å². The van der Waals surface area contributed by atoms with Crippen LogP contribution in [0, 0.1) is 13.8 Å². The first-order chi connectivity index (χ1) is 12.2. The van der Waals surface area contributed by atoms with E-state index in [2.05, 4.69) is 43.2 Å². The Labute approximate surface area is 157 Å². The minimum Gasteiger partial charge on any atom is -0.345 e. The van der Waals surface area contributed by atoms with Crippen molar-refractivity contribution in [3.63, 3.8) is 0 Å². The van der Waals surface area contributed by atoms with E-state index in [4.69, 9.17) is 9.97 Å². The van der Waals surface area contributed by atoms with Crippen molar-refractivity contribution in [2.45, 2.75) is 27.2 Å². The lowest BCUT2D eigenvalue weighted by atomic mass is 10.2. The lowest BCUT2D eigenvalue weighted by Crippen LogP contribution is -3.14. The zero-order chi connectivity index (χ0) is 17.4. The van der Waals surface area contributed by atoms with Gasteiger partial charge in [-0.25, -0.2) is 9.97 Å². The number of hydrogen-bond donors (Lipinski definition) is 1. The summed E-state index contributed by atoms with van der Waals surface area (Å²) in [5.74, 6) is 2.02. The minimum absolute atomic E-state index is 0.877. The molecule has 0 aromatic carbocycles. The summed E-state index contributed by atoms with van der Waals surface area (Å²) >= 11 is 3.51. The Morgan fingerprint density at radius 2 is 2.00 bits per heavy atom. The van der Waals surface area contributed by atoms with Crippen molar-refractivity contribution >= 4 is 38.7 Å². The van der Waals surface area contributed by atoms with E-state index in [0.717, 1.165) is 34.4 Å². The predicted octanol–water partition coefficient (Wildman–Crippen LogP) is 3.15.